The van der Waals surface area contributed by atoms with E-state index in [9.17, 15) is 27.2 Å². The van der Waals surface area contributed by atoms with Crippen LogP contribution in [-0.4, -0.2) is 63.7 Å². The number of aryl methyl sites for hydroxylation is 1. The monoisotopic (exact) mass is 660 g/mol. The number of aromatic nitrogens is 3. The number of hydrogen-bond donors (Lipinski definition) is 1. The number of amides is 3. The molecule has 1 N–H and O–H groups in total. The first-order valence-corrected chi connectivity index (χ1v) is 14.6. The number of aliphatic imine (C=N–C) groups is 1. The molecular formula is C30H25F5N6O4S. The summed E-state index contributed by atoms with van der Waals surface area (Å²) >= 11 is 0.999. The molecule has 0 bridgehead atoms. The van der Waals surface area contributed by atoms with Crippen molar-refractivity contribution in [2.24, 2.45) is 4.99 Å². The first-order chi connectivity index (χ1) is 22.1. The van der Waals surface area contributed by atoms with E-state index >= 15 is 4.39 Å². The second-order valence-electron chi connectivity index (χ2n) is 9.78. The van der Waals surface area contributed by atoms with E-state index in [0.717, 1.165) is 23.4 Å². The van der Waals surface area contributed by atoms with E-state index in [1.165, 1.54) is 40.2 Å². The van der Waals surface area contributed by atoms with Crippen molar-refractivity contribution in [3.8, 4) is 22.8 Å². The molecule has 1 aromatic heterocycles. The van der Waals surface area contributed by atoms with E-state index < -0.39 is 37.9 Å². The number of carbonyl (C=O) groups is 2. The molecular weight excluding hydrogens is 635 g/mol. The summed E-state index contributed by atoms with van der Waals surface area (Å²) in [6, 6.07) is 14.2. The van der Waals surface area contributed by atoms with Gasteiger partial charge in [0.25, 0.3) is 12.9 Å². The molecule has 0 unspecified atom stereocenters. The van der Waals surface area contributed by atoms with Gasteiger partial charge in [-0.1, -0.05) is 23.9 Å². The maximum atomic E-state index is 15.1. The Balaban J connectivity index is 1.28. The Kier molecular flexibility index (Phi) is 10.3. The lowest BCUT2D eigenvalue weighted by atomic mass is 10.1. The Bertz CT molecular complexity index is 1750. The fourth-order valence-electron chi connectivity index (χ4n) is 4.30. The van der Waals surface area contributed by atoms with Crippen LogP contribution < -0.4 is 15.0 Å². The summed E-state index contributed by atoms with van der Waals surface area (Å²) in [4.78, 5) is 35.0. The summed E-state index contributed by atoms with van der Waals surface area (Å²) in [7, 11) is 0. The molecule has 5 rings (SSSR count). The van der Waals surface area contributed by atoms with Crippen molar-refractivity contribution < 1.29 is 41.0 Å². The number of benzene rings is 3. The maximum Gasteiger partial charge on any atom is 0.347 e. The highest BCUT2D eigenvalue weighted by Gasteiger charge is 2.32. The van der Waals surface area contributed by atoms with Crippen molar-refractivity contribution in [3.05, 3.63) is 83.9 Å². The quantitative estimate of drug-likeness (QED) is 0.184. The zero-order valence-electron chi connectivity index (χ0n) is 24.0. The highest BCUT2D eigenvalue weighted by Crippen LogP contribution is 2.32. The number of urea groups is 1. The fraction of sp³-hybridized carbons (Fsp3) is 0.233. The highest BCUT2D eigenvalue weighted by molar-refractivity contribution is 8.15. The molecule has 0 atom stereocenters. The smallest absolute Gasteiger partial charge is 0.347 e. The number of alkyl halides is 4. The molecule has 1 fully saturated rings. The van der Waals surface area contributed by atoms with Gasteiger partial charge < -0.3 is 14.8 Å². The number of nitrogens with zero attached hydrogens (tertiary/aromatic N) is 5. The van der Waals surface area contributed by atoms with E-state index in [0.29, 0.717) is 22.5 Å². The summed E-state index contributed by atoms with van der Waals surface area (Å²) in [6.07, 6.45) is -3.86. The van der Waals surface area contributed by atoms with E-state index in [4.69, 9.17) is 9.47 Å². The predicted molar refractivity (Wildman–Crippen MR) is 161 cm³/mol. The molecule has 10 nitrogen and oxygen atoms in total. The van der Waals surface area contributed by atoms with Gasteiger partial charge in [-0.25, -0.2) is 36.4 Å². The van der Waals surface area contributed by atoms with Crippen molar-refractivity contribution >= 4 is 40.2 Å². The van der Waals surface area contributed by atoms with Crippen LogP contribution in [0.3, 0.4) is 0 Å². The van der Waals surface area contributed by atoms with Gasteiger partial charge in [-0.2, -0.15) is 4.99 Å². The average Bonchev–Trinajstić information content (AvgIpc) is 3.65. The van der Waals surface area contributed by atoms with E-state index in [2.05, 4.69) is 20.4 Å². The molecule has 1 aliphatic heterocycles. The minimum absolute atomic E-state index is 0.0171. The van der Waals surface area contributed by atoms with Crippen LogP contribution in [0, 0.1) is 12.7 Å². The number of carbonyl (C=O) groups excluding carboxylic acids is 2. The topological polar surface area (TPSA) is 111 Å². The molecule has 46 heavy (non-hydrogen) atoms. The van der Waals surface area contributed by atoms with Crippen LogP contribution >= 0.6 is 11.8 Å². The average molecular weight is 661 g/mol. The van der Waals surface area contributed by atoms with Gasteiger partial charge in [0.05, 0.1) is 29.4 Å². The van der Waals surface area contributed by atoms with Gasteiger partial charge in [-0.05, 0) is 61.0 Å². The van der Waals surface area contributed by atoms with Crippen LogP contribution in [0.5, 0.6) is 5.75 Å². The Labute approximate surface area is 263 Å². The molecule has 3 amide bonds. The lowest BCUT2D eigenvalue weighted by Crippen LogP contribution is -2.31. The van der Waals surface area contributed by atoms with Gasteiger partial charge in [-0.3, -0.25) is 9.69 Å². The molecule has 0 saturated carbocycles. The van der Waals surface area contributed by atoms with Crippen LogP contribution in [0.1, 0.15) is 11.1 Å². The SMILES string of the molecule is Cc1ccc(COCC(F)F)c(N2C(=O)CS/C2=N\C(=O)Nc2ccc(-c3ncn(-c4ccc(OCC(F)F)cc4)n3)cc2F)c1. The number of hydrogen-bond acceptors (Lipinski definition) is 7. The number of rotatable bonds is 11. The summed E-state index contributed by atoms with van der Waals surface area (Å²) in [5.41, 5.74) is 2.24. The third kappa shape index (κ3) is 8.06. The molecule has 1 aliphatic rings. The number of amidine groups is 1. The van der Waals surface area contributed by atoms with E-state index in [1.807, 2.05) is 0 Å². The van der Waals surface area contributed by atoms with Crippen LogP contribution in [0.4, 0.5) is 38.1 Å². The van der Waals surface area contributed by atoms with Gasteiger partial charge in [0.2, 0.25) is 5.91 Å². The first kappa shape index (κ1) is 32.6. The standard InChI is InChI=1S/C30H25F5N6O4S/c1-17-2-3-19(12-44-13-25(32)33)24(10-17)41-27(42)15-46-30(41)38-29(43)37-23-9-4-18(11-22(23)31)28-36-16-40(39-28)20-5-7-21(8-6-20)45-14-26(34)35/h2-11,16,25-26H,12-15H2,1H3,(H,37,43)/b38-30-. The van der Waals surface area contributed by atoms with Crippen LogP contribution in [0.15, 0.2) is 72.0 Å². The molecule has 0 radical (unpaired) electrons. The Morgan fingerprint density at radius 1 is 1.04 bits per heavy atom. The van der Waals surface area contributed by atoms with Gasteiger partial charge in [0, 0.05) is 11.1 Å². The Morgan fingerprint density at radius 3 is 2.52 bits per heavy atom. The predicted octanol–water partition coefficient (Wildman–Crippen LogP) is 6.48. The molecule has 3 aromatic carbocycles. The van der Waals surface area contributed by atoms with Gasteiger partial charge in [0.1, 0.15) is 31.1 Å². The minimum Gasteiger partial charge on any atom is -0.488 e. The molecule has 240 valence electrons. The van der Waals surface area contributed by atoms with Gasteiger partial charge in [0.15, 0.2) is 11.0 Å². The zero-order valence-corrected chi connectivity index (χ0v) is 24.8. The molecule has 2 heterocycles. The van der Waals surface area contributed by atoms with Crippen molar-refractivity contribution in [1.29, 1.82) is 0 Å². The van der Waals surface area contributed by atoms with Crippen LogP contribution in [0.2, 0.25) is 0 Å². The second-order valence-corrected chi connectivity index (χ2v) is 10.7. The van der Waals surface area contributed by atoms with Gasteiger partial charge >= 0.3 is 6.03 Å². The number of halogens is 5. The maximum absolute atomic E-state index is 15.1. The Morgan fingerprint density at radius 2 is 1.80 bits per heavy atom. The summed E-state index contributed by atoms with van der Waals surface area (Å²) in [5.74, 6) is -0.755. The van der Waals surface area contributed by atoms with Crippen molar-refractivity contribution in [1.82, 2.24) is 14.8 Å². The molecule has 0 aliphatic carbocycles. The second kappa shape index (κ2) is 14.5. The normalized spacial score (nSPS) is 14.1. The van der Waals surface area contributed by atoms with Crippen molar-refractivity contribution in [2.45, 2.75) is 26.4 Å². The largest absolute Gasteiger partial charge is 0.488 e. The lowest BCUT2D eigenvalue weighted by molar-refractivity contribution is -0.115. The van der Waals surface area contributed by atoms with Gasteiger partial charge in [-0.15, -0.1) is 5.10 Å². The van der Waals surface area contributed by atoms with Crippen LogP contribution in [0.25, 0.3) is 17.1 Å². The third-order valence-corrected chi connectivity index (χ3v) is 7.31. The zero-order chi connectivity index (χ0) is 32.8. The lowest BCUT2D eigenvalue weighted by Gasteiger charge is -2.20. The van der Waals surface area contributed by atoms with Crippen LogP contribution in [-0.2, 0) is 16.1 Å². The van der Waals surface area contributed by atoms with Crippen molar-refractivity contribution in [2.75, 3.05) is 29.2 Å². The Hall–Kier alpha value is -4.83. The summed E-state index contributed by atoms with van der Waals surface area (Å²) in [6.45, 7) is 0.0874. The number of ether oxygens (including phenoxy) is 2. The van der Waals surface area contributed by atoms with E-state index in [1.54, 1.807) is 37.3 Å². The number of anilines is 2. The molecule has 16 heteroatoms. The highest BCUT2D eigenvalue weighted by atomic mass is 32.2. The number of nitrogens with one attached hydrogen (secondary N) is 1. The molecule has 1 saturated heterocycles. The molecule has 0 spiro atoms. The molecule has 4 aromatic rings. The summed E-state index contributed by atoms with van der Waals surface area (Å²) in [5, 5.41) is 6.72. The van der Waals surface area contributed by atoms with Crippen molar-refractivity contribution in [3.63, 3.8) is 0 Å². The third-order valence-electron chi connectivity index (χ3n) is 6.38. The number of thioether (sulfide) groups is 1. The van der Waals surface area contributed by atoms with E-state index in [-0.39, 0.29) is 40.7 Å². The first-order valence-electron chi connectivity index (χ1n) is 13.6. The fourth-order valence-corrected chi connectivity index (χ4v) is 5.16. The minimum atomic E-state index is -2.66. The summed E-state index contributed by atoms with van der Waals surface area (Å²) < 4.78 is 76.4.